The van der Waals surface area contributed by atoms with Crippen molar-refractivity contribution in [2.45, 2.75) is 58.2 Å². The van der Waals surface area contributed by atoms with Gasteiger partial charge in [-0.15, -0.1) is 0 Å². The topological polar surface area (TPSA) is 12.0 Å². The summed E-state index contributed by atoms with van der Waals surface area (Å²) in [7, 11) is 0. The number of nitrogens with one attached hydrogen (secondary N) is 1. The van der Waals surface area contributed by atoms with Crippen molar-refractivity contribution >= 4 is 11.9 Å². The van der Waals surface area contributed by atoms with E-state index in [-0.39, 0.29) is 4.75 Å². The second kappa shape index (κ2) is 6.46. The molecule has 0 saturated heterocycles. The molecule has 0 unspecified atom stereocenters. The summed E-state index contributed by atoms with van der Waals surface area (Å²) < 4.78 is 3.87. The molecule has 0 fully saturated rings. The molecule has 0 heterocycles. The Kier molecular flexibility index (Phi) is 5.54. The van der Waals surface area contributed by atoms with Gasteiger partial charge in [0.25, 0.3) is 0 Å². The summed E-state index contributed by atoms with van der Waals surface area (Å²) in [6.45, 7) is 11.1. The van der Waals surface area contributed by atoms with E-state index in [2.05, 4.69) is 63.6 Å². The first-order valence-electron chi connectivity index (χ1n) is 6.42. The summed E-state index contributed by atoms with van der Waals surface area (Å²) in [5.41, 5.74) is 2.72. The summed E-state index contributed by atoms with van der Waals surface area (Å²) in [5, 5.41) is 0. The van der Waals surface area contributed by atoms with Gasteiger partial charge in [-0.2, -0.15) is 0 Å². The fourth-order valence-electron chi connectivity index (χ4n) is 1.63. The summed E-state index contributed by atoms with van der Waals surface area (Å²) in [4.78, 5) is 0. The quantitative estimate of drug-likeness (QED) is 0.749. The number of benzene rings is 1. The summed E-state index contributed by atoms with van der Waals surface area (Å²) in [6, 6.07) is 9.34. The summed E-state index contributed by atoms with van der Waals surface area (Å²) in [6.07, 6.45) is 2.39. The van der Waals surface area contributed by atoms with Crippen molar-refractivity contribution in [3.63, 3.8) is 0 Å². The Morgan fingerprint density at radius 2 is 1.76 bits per heavy atom. The van der Waals surface area contributed by atoms with Gasteiger partial charge in [0.1, 0.15) is 0 Å². The highest BCUT2D eigenvalue weighted by molar-refractivity contribution is 7.98. The van der Waals surface area contributed by atoms with Gasteiger partial charge in [-0.05, 0) is 39.7 Å². The van der Waals surface area contributed by atoms with Crippen LogP contribution < -0.4 is 4.72 Å². The van der Waals surface area contributed by atoms with Crippen molar-refractivity contribution < 1.29 is 0 Å². The third-order valence-electron chi connectivity index (χ3n) is 2.56. The Morgan fingerprint density at radius 3 is 2.24 bits per heavy atom. The molecule has 0 bridgehead atoms. The molecule has 1 aromatic rings. The molecule has 1 aromatic carbocycles. The largest absolute Gasteiger partial charge is 0.256 e. The molecule has 0 spiro atoms. The van der Waals surface area contributed by atoms with Gasteiger partial charge in [-0.1, -0.05) is 55.1 Å². The van der Waals surface area contributed by atoms with E-state index < -0.39 is 0 Å². The molecule has 0 amide bonds. The van der Waals surface area contributed by atoms with Crippen LogP contribution in [0.1, 0.15) is 57.7 Å². The van der Waals surface area contributed by atoms with Gasteiger partial charge < -0.3 is 0 Å². The van der Waals surface area contributed by atoms with Gasteiger partial charge in [-0.25, -0.2) is 0 Å². The van der Waals surface area contributed by atoms with Crippen LogP contribution >= 0.6 is 11.9 Å². The van der Waals surface area contributed by atoms with E-state index in [0.29, 0.717) is 6.04 Å². The van der Waals surface area contributed by atoms with Crippen molar-refractivity contribution in [2.24, 2.45) is 0 Å². The van der Waals surface area contributed by atoms with Crippen LogP contribution in [0, 0.1) is 6.92 Å². The zero-order valence-electron chi connectivity index (χ0n) is 11.7. The number of aryl methyl sites for hydroxylation is 1. The smallest absolute Gasteiger partial charge is 0.0421 e. The van der Waals surface area contributed by atoms with Gasteiger partial charge in [0.05, 0.1) is 0 Å². The molecule has 1 atom stereocenters. The maximum atomic E-state index is 3.61. The van der Waals surface area contributed by atoms with Crippen LogP contribution in [0.15, 0.2) is 24.3 Å². The highest BCUT2D eigenvalue weighted by atomic mass is 32.2. The van der Waals surface area contributed by atoms with Crippen LogP contribution in [0.3, 0.4) is 0 Å². The normalized spacial score (nSPS) is 13.7. The monoisotopic (exact) mass is 251 g/mol. The van der Waals surface area contributed by atoms with Gasteiger partial charge >= 0.3 is 0 Å². The molecule has 2 heteroatoms. The molecule has 0 aliphatic carbocycles. The molecule has 0 radical (unpaired) electrons. The number of hydrogen-bond donors (Lipinski definition) is 1. The molecule has 17 heavy (non-hydrogen) atoms. The Balaban J connectivity index is 2.68. The van der Waals surface area contributed by atoms with E-state index >= 15 is 0 Å². The van der Waals surface area contributed by atoms with Crippen LogP contribution in [0.5, 0.6) is 0 Å². The van der Waals surface area contributed by atoms with E-state index in [0.717, 1.165) is 0 Å². The van der Waals surface area contributed by atoms with E-state index in [9.17, 15) is 0 Å². The number of rotatable bonds is 5. The average Bonchev–Trinajstić information content (AvgIpc) is 2.24. The number of hydrogen-bond acceptors (Lipinski definition) is 2. The Bertz CT molecular complexity index is 324. The molecule has 0 aliphatic heterocycles. The maximum Gasteiger partial charge on any atom is 0.0421 e. The third kappa shape index (κ3) is 5.60. The fraction of sp³-hybridized carbons (Fsp3) is 0.600. The lowest BCUT2D eigenvalue weighted by molar-refractivity contribution is 0.596. The predicted molar refractivity (Wildman–Crippen MR) is 79.3 cm³/mol. The highest BCUT2D eigenvalue weighted by Crippen LogP contribution is 2.27. The fourth-order valence-corrected chi connectivity index (χ4v) is 2.38. The molecule has 0 aromatic heterocycles. The first kappa shape index (κ1) is 14.6. The van der Waals surface area contributed by atoms with Gasteiger partial charge in [0.15, 0.2) is 0 Å². The SMILES string of the molecule is CCC[C@@H](NSC(C)(C)C)c1ccc(C)cc1. The minimum atomic E-state index is 0.261. The van der Waals surface area contributed by atoms with Crippen LogP contribution in [0.2, 0.25) is 0 Å². The van der Waals surface area contributed by atoms with Crippen molar-refractivity contribution in [1.82, 2.24) is 4.72 Å². The maximum absolute atomic E-state index is 3.61. The predicted octanol–water partition coefficient (Wildman–Crippen LogP) is 4.87. The molecular weight excluding hydrogens is 226 g/mol. The van der Waals surface area contributed by atoms with Crippen molar-refractivity contribution in [2.75, 3.05) is 0 Å². The Labute approximate surface area is 111 Å². The second-order valence-corrected chi connectivity index (χ2v) is 7.25. The Hall–Kier alpha value is -0.470. The van der Waals surface area contributed by atoms with E-state index in [1.165, 1.54) is 24.0 Å². The highest BCUT2D eigenvalue weighted by Gasteiger charge is 2.16. The average molecular weight is 251 g/mol. The minimum Gasteiger partial charge on any atom is -0.256 e. The second-order valence-electron chi connectivity index (χ2n) is 5.58. The van der Waals surface area contributed by atoms with E-state index in [1.807, 2.05) is 11.9 Å². The van der Waals surface area contributed by atoms with Gasteiger partial charge in [0, 0.05) is 10.8 Å². The Morgan fingerprint density at radius 1 is 1.18 bits per heavy atom. The molecule has 1 N–H and O–H groups in total. The first-order chi connectivity index (χ1) is 7.92. The van der Waals surface area contributed by atoms with Gasteiger partial charge in [-0.3, -0.25) is 4.72 Å². The lowest BCUT2D eigenvalue weighted by Crippen LogP contribution is -2.21. The van der Waals surface area contributed by atoms with E-state index in [1.54, 1.807) is 0 Å². The summed E-state index contributed by atoms with van der Waals surface area (Å²) >= 11 is 1.83. The molecule has 0 saturated carbocycles. The standard InChI is InChI=1S/C15H25NS/c1-6-7-14(16-17-15(3,4)5)13-10-8-12(2)9-11-13/h8-11,14,16H,6-7H2,1-5H3/t14-/m1/s1. The zero-order chi connectivity index (χ0) is 12.9. The van der Waals surface area contributed by atoms with Crippen LogP contribution in [0.25, 0.3) is 0 Å². The third-order valence-corrected chi connectivity index (χ3v) is 3.58. The van der Waals surface area contributed by atoms with Crippen LogP contribution in [-0.4, -0.2) is 4.75 Å². The van der Waals surface area contributed by atoms with Crippen molar-refractivity contribution in [3.8, 4) is 0 Å². The molecule has 1 nitrogen and oxygen atoms in total. The lowest BCUT2D eigenvalue weighted by Gasteiger charge is -2.24. The van der Waals surface area contributed by atoms with Crippen LogP contribution in [0.4, 0.5) is 0 Å². The molecule has 96 valence electrons. The van der Waals surface area contributed by atoms with Crippen LogP contribution in [-0.2, 0) is 0 Å². The molecule has 0 aliphatic rings. The van der Waals surface area contributed by atoms with Crippen molar-refractivity contribution in [1.29, 1.82) is 0 Å². The zero-order valence-corrected chi connectivity index (χ0v) is 12.5. The van der Waals surface area contributed by atoms with Gasteiger partial charge in [0.2, 0.25) is 0 Å². The lowest BCUT2D eigenvalue weighted by atomic mass is 10.0. The molecular formula is C15H25NS. The van der Waals surface area contributed by atoms with Crippen molar-refractivity contribution in [3.05, 3.63) is 35.4 Å². The summed E-state index contributed by atoms with van der Waals surface area (Å²) in [5.74, 6) is 0. The van der Waals surface area contributed by atoms with E-state index in [4.69, 9.17) is 0 Å². The first-order valence-corrected chi connectivity index (χ1v) is 7.24. The minimum absolute atomic E-state index is 0.261. The molecule has 1 rings (SSSR count).